The fourth-order valence-electron chi connectivity index (χ4n) is 2.34. The maximum atomic E-state index is 12.2. The van der Waals surface area contributed by atoms with Crippen LogP contribution in [0.5, 0.6) is 0 Å². The minimum atomic E-state index is 0.176. The van der Waals surface area contributed by atoms with Gasteiger partial charge in [-0.2, -0.15) is 0 Å². The van der Waals surface area contributed by atoms with Gasteiger partial charge >= 0.3 is 0 Å². The summed E-state index contributed by atoms with van der Waals surface area (Å²) in [4.78, 5) is 18.4. The van der Waals surface area contributed by atoms with Crippen LogP contribution in [-0.2, 0) is 4.79 Å². The fraction of sp³-hybridized carbons (Fsp3) is 0.429. The Kier molecular flexibility index (Phi) is 4.49. The van der Waals surface area contributed by atoms with Crippen LogP contribution in [0.1, 0.15) is 19.3 Å². The highest BCUT2D eigenvalue weighted by Crippen LogP contribution is 2.19. The zero-order valence-electron chi connectivity index (χ0n) is 11.7. The number of likely N-dealkylation sites (tertiary alicyclic amines) is 1. The maximum Gasteiger partial charge on any atom is 0.233 e. The van der Waals surface area contributed by atoms with Gasteiger partial charge in [-0.3, -0.25) is 9.36 Å². The Labute approximate surface area is 127 Å². The third kappa shape index (κ3) is 3.41. The number of rotatable bonds is 4. The van der Waals surface area contributed by atoms with Gasteiger partial charge in [0, 0.05) is 19.3 Å². The maximum absolute atomic E-state index is 12.2. The summed E-state index contributed by atoms with van der Waals surface area (Å²) in [7, 11) is 0. The van der Waals surface area contributed by atoms with Gasteiger partial charge in [-0.25, -0.2) is 4.98 Å². The van der Waals surface area contributed by atoms with Gasteiger partial charge in [0.15, 0.2) is 5.16 Å². The first-order valence-corrected chi connectivity index (χ1v) is 8.05. The predicted molar refractivity (Wildman–Crippen MR) is 80.3 cm³/mol. The lowest BCUT2D eigenvalue weighted by Crippen LogP contribution is -2.36. The van der Waals surface area contributed by atoms with E-state index in [1.165, 1.54) is 18.2 Å². The summed E-state index contributed by atoms with van der Waals surface area (Å²) < 4.78 is 1.80. The van der Waals surface area contributed by atoms with Gasteiger partial charge in [-0.15, -0.1) is 10.2 Å². The number of piperidine rings is 1. The zero-order valence-corrected chi connectivity index (χ0v) is 12.5. The van der Waals surface area contributed by atoms with E-state index in [2.05, 4.69) is 15.2 Å². The Hall–Kier alpha value is -1.89. The smallest absolute Gasteiger partial charge is 0.233 e. The molecule has 3 heterocycles. The minimum absolute atomic E-state index is 0.176. The number of pyridine rings is 1. The first-order valence-electron chi connectivity index (χ1n) is 7.06. The average Bonchev–Trinajstić information content (AvgIpc) is 3.03. The van der Waals surface area contributed by atoms with Crippen molar-refractivity contribution in [3.05, 3.63) is 30.7 Å². The first-order chi connectivity index (χ1) is 10.3. The van der Waals surface area contributed by atoms with E-state index >= 15 is 0 Å². The molecule has 0 saturated carbocycles. The molecule has 6 nitrogen and oxygen atoms in total. The number of hydrogen-bond acceptors (Lipinski definition) is 5. The van der Waals surface area contributed by atoms with Gasteiger partial charge < -0.3 is 4.90 Å². The van der Waals surface area contributed by atoms with Crippen LogP contribution in [-0.4, -0.2) is 49.4 Å². The van der Waals surface area contributed by atoms with Crippen LogP contribution in [0, 0.1) is 0 Å². The van der Waals surface area contributed by atoms with Crippen molar-refractivity contribution < 1.29 is 4.79 Å². The van der Waals surface area contributed by atoms with Gasteiger partial charge in [0.1, 0.15) is 12.1 Å². The normalized spacial score (nSPS) is 15.1. The van der Waals surface area contributed by atoms with Crippen LogP contribution in [0.3, 0.4) is 0 Å². The lowest BCUT2D eigenvalue weighted by atomic mass is 10.1. The molecule has 2 aromatic heterocycles. The molecule has 7 heteroatoms. The van der Waals surface area contributed by atoms with E-state index in [9.17, 15) is 4.79 Å². The first kappa shape index (κ1) is 14.1. The molecule has 21 heavy (non-hydrogen) atoms. The van der Waals surface area contributed by atoms with E-state index in [1.807, 2.05) is 23.1 Å². The molecule has 1 aliphatic heterocycles. The van der Waals surface area contributed by atoms with Gasteiger partial charge in [0.25, 0.3) is 0 Å². The molecule has 0 bridgehead atoms. The molecule has 1 amide bonds. The topological polar surface area (TPSA) is 63.9 Å². The van der Waals surface area contributed by atoms with E-state index in [0.29, 0.717) is 10.9 Å². The molecule has 3 rings (SSSR count). The van der Waals surface area contributed by atoms with Crippen LogP contribution in [0.25, 0.3) is 5.82 Å². The standard InChI is InChI=1S/C14H17N5OS/c20-13(18-8-4-1-5-9-18)10-21-14-17-16-11-19(14)12-6-2-3-7-15-12/h2-3,6-7,11H,1,4-5,8-10H2. The molecule has 0 aromatic carbocycles. The molecule has 110 valence electrons. The molecular formula is C14H17N5OS. The largest absolute Gasteiger partial charge is 0.342 e. The summed E-state index contributed by atoms with van der Waals surface area (Å²) in [5, 5.41) is 8.68. The highest BCUT2D eigenvalue weighted by molar-refractivity contribution is 7.99. The Balaban J connectivity index is 1.63. The quantitative estimate of drug-likeness (QED) is 0.805. The van der Waals surface area contributed by atoms with E-state index in [0.717, 1.165) is 31.7 Å². The van der Waals surface area contributed by atoms with Gasteiger partial charge in [0.05, 0.1) is 5.75 Å². The average molecular weight is 303 g/mol. The van der Waals surface area contributed by atoms with Crippen molar-refractivity contribution in [1.82, 2.24) is 24.6 Å². The molecule has 1 fully saturated rings. The SMILES string of the molecule is O=C(CSc1nncn1-c1ccccn1)N1CCCCC1. The van der Waals surface area contributed by atoms with Crippen LogP contribution >= 0.6 is 11.8 Å². The number of aromatic nitrogens is 4. The van der Waals surface area contributed by atoms with Crippen molar-refractivity contribution >= 4 is 17.7 Å². The predicted octanol–water partition coefficient (Wildman–Crippen LogP) is 1.77. The zero-order chi connectivity index (χ0) is 14.5. The van der Waals surface area contributed by atoms with Crippen LogP contribution in [0.4, 0.5) is 0 Å². The molecule has 1 saturated heterocycles. The Morgan fingerprint density at radius 3 is 2.86 bits per heavy atom. The fourth-order valence-corrected chi connectivity index (χ4v) is 3.16. The highest BCUT2D eigenvalue weighted by atomic mass is 32.2. The number of hydrogen-bond donors (Lipinski definition) is 0. The van der Waals surface area contributed by atoms with Crippen molar-refractivity contribution in [2.24, 2.45) is 0 Å². The lowest BCUT2D eigenvalue weighted by Gasteiger charge is -2.26. The second-order valence-electron chi connectivity index (χ2n) is 4.90. The Morgan fingerprint density at radius 2 is 2.10 bits per heavy atom. The van der Waals surface area contributed by atoms with E-state index in [4.69, 9.17) is 0 Å². The van der Waals surface area contributed by atoms with Crippen LogP contribution < -0.4 is 0 Å². The van der Waals surface area contributed by atoms with E-state index in [1.54, 1.807) is 17.1 Å². The van der Waals surface area contributed by atoms with E-state index in [-0.39, 0.29) is 5.91 Å². The van der Waals surface area contributed by atoms with Crippen molar-refractivity contribution in [1.29, 1.82) is 0 Å². The Bertz CT molecular complexity index is 594. The van der Waals surface area contributed by atoms with Crippen LogP contribution in [0.2, 0.25) is 0 Å². The molecule has 1 aliphatic rings. The summed E-state index contributed by atoms with van der Waals surface area (Å²) in [6, 6.07) is 5.66. The molecule has 0 unspecified atom stereocenters. The van der Waals surface area contributed by atoms with Crippen molar-refractivity contribution in [2.75, 3.05) is 18.8 Å². The number of carbonyl (C=O) groups is 1. The molecule has 0 atom stereocenters. The van der Waals surface area contributed by atoms with Gasteiger partial charge in [0.2, 0.25) is 5.91 Å². The molecule has 2 aromatic rings. The highest BCUT2D eigenvalue weighted by Gasteiger charge is 2.18. The number of nitrogens with zero attached hydrogens (tertiary/aromatic N) is 5. The third-order valence-electron chi connectivity index (χ3n) is 3.45. The van der Waals surface area contributed by atoms with Crippen molar-refractivity contribution in [3.8, 4) is 5.82 Å². The van der Waals surface area contributed by atoms with Crippen LogP contribution in [0.15, 0.2) is 35.9 Å². The summed E-state index contributed by atoms with van der Waals surface area (Å²) in [5.41, 5.74) is 0. The summed E-state index contributed by atoms with van der Waals surface area (Å²) in [6.45, 7) is 1.76. The second kappa shape index (κ2) is 6.71. The molecule has 0 aliphatic carbocycles. The van der Waals surface area contributed by atoms with Gasteiger partial charge in [-0.1, -0.05) is 17.8 Å². The van der Waals surface area contributed by atoms with Crippen molar-refractivity contribution in [3.63, 3.8) is 0 Å². The number of amides is 1. The number of thioether (sulfide) groups is 1. The third-order valence-corrected chi connectivity index (χ3v) is 4.37. The summed E-state index contributed by atoms with van der Waals surface area (Å²) in [5.74, 6) is 1.33. The summed E-state index contributed by atoms with van der Waals surface area (Å²) in [6.07, 6.45) is 6.80. The van der Waals surface area contributed by atoms with E-state index < -0.39 is 0 Å². The Morgan fingerprint density at radius 1 is 1.24 bits per heavy atom. The monoisotopic (exact) mass is 303 g/mol. The van der Waals surface area contributed by atoms with Crippen molar-refractivity contribution in [2.45, 2.75) is 24.4 Å². The molecular weight excluding hydrogens is 286 g/mol. The van der Waals surface area contributed by atoms with Gasteiger partial charge in [-0.05, 0) is 31.4 Å². The second-order valence-corrected chi connectivity index (χ2v) is 5.84. The number of carbonyl (C=O) groups excluding carboxylic acids is 1. The summed E-state index contributed by atoms with van der Waals surface area (Å²) >= 11 is 1.41. The lowest BCUT2D eigenvalue weighted by molar-refractivity contribution is -0.129. The molecule has 0 N–H and O–H groups in total. The molecule has 0 radical (unpaired) electrons. The molecule has 0 spiro atoms. The minimum Gasteiger partial charge on any atom is -0.342 e.